The van der Waals surface area contributed by atoms with Crippen LogP contribution in [0, 0.1) is 10.1 Å². The van der Waals surface area contributed by atoms with Gasteiger partial charge in [-0.05, 0) is 17.7 Å². The molecule has 2 N–H and O–H groups in total. The molecule has 0 radical (unpaired) electrons. The molecular formula is C17H12N2O5. The number of carbonyl (C=O) groups excluding carboxylic acids is 2. The number of benzene rings is 2. The second-order valence-electron chi connectivity index (χ2n) is 5.21. The molecule has 0 bridgehead atoms. The van der Waals surface area contributed by atoms with Gasteiger partial charge in [-0.15, -0.1) is 0 Å². The van der Waals surface area contributed by atoms with Crippen molar-refractivity contribution in [2.75, 3.05) is 0 Å². The van der Waals surface area contributed by atoms with Crippen LogP contribution in [-0.4, -0.2) is 21.7 Å². The van der Waals surface area contributed by atoms with E-state index in [1.807, 2.05) is 0 Å². The maximum absolute atomic E-state index is 12.1. The number of aliphatic hydroxyl groups excluding tert-OH is 1. The van der Waals surface area contributed by atoms with Crippen LogP contribution in [0.25, 0.3) is 5.76 Å². The second kappa shape index (κ2) is 5.96. The van der Waals surface area contributed by atoms with Crippen molar-refractivity contribution < 1.29 is 19.6 Å². The molecule has 2 aromatic carbocycles. The topological polar surface area (TPSA) is 110 Å². The summed E-state index contributed by atoms with van der Waals surface area (Å²) in [6.07, 6.45) is 0. The molecule has 1 fully saturated rings. The minimum atomic E-state index is -0.820. The first-order chi connectivity index (χ1) is 11.5. The minimum absolute atomic E-state index is 0.0694. The van der Waals surface area contributed by atoms with Crippen LogP contribution in [0.5, 0.6) is 0 Å². The molecule has 2 aromatic rings. The highest BCUT2D eigenvalue weighted by molar-refractivity contribution is 6.46. The molecule has 7 heteroatoms. The van der Waals surface area contributed by atoms with Crippen LogP contribution in [-0.2, 0) is 9.59 Å². The van der Waals surface area contributed by atoms with Gasteiger partial charge in [0.1, 0.15) is 5.76 Å². The van der Waals surface area contributed by atoms with Gasteiger partial charge in [-0.1, -0.05) is 30.3 Å². The highest BCUT2D eigenvalue weighted by Crippen LogP contribution is 2.33. The Bertz CT molecular complexity index is 856. The first-order valence-corrected chi connectivity index (χ1v) is 7.07. The zero-order valence-electron chi connectivity index (χ0n) is 12.3. The Balaban J connectivity index is 2.08. The van der Waals surface area contributed by atoms with Crippen molar-refractivity contribution >= 4 is 23.1 Å². The standard InChI is InChI=1S/C17H12N2O5/c20-15(11-6-8-12(9-7-11)19(23)24)13-14(18-17(22)16(13)21)10-4-2-1-3-5-10/h1-9,14,20H,(H,18,22)/b15-13-/t14-/m0/s1. The van der Waals surface area contributed by atoms with E-state index in [-0.39, 0.29) is 22.6 Å². The normalized spacial score (nSPS) is 19.1. The molecule has 1 saturated heterocycles. The van der Waals surface area contributed by atoms with E-state index in [4.69, 9.17) is 0 Å². The molecule has 1 aliphatic rings. The van der Waals surface area contributed by atoms with Gasteiger partial charge in [0.05, 0.1) is 16.5 Å². The van der Waals surface area contributed by atoms with Gasteiger partial charge in [0.15, 0.2) is 0 Å². The number of carbonyl (C=O) groups is 2. The molecule has 1 heterocycles. The smallest absolute Gasteiger partial charge is 0.293 e. The van der Waals surface area contributed by atoms with Crippen LogP contribution in [0.3, 0.4) is 0 Å². The van der Waals surface area contributed by atoms with E-state index in [0.29, 0.717) is 5.56 Å². The lowest BCUT2D eigenvalue weighted by molar-refractivity contribution is -0.384. The number of nitro groups is 1. The number of Topliss-reactive ketones (excluding diaryl/α,β-unsaturated/α-hetero) is 1. The summed E-state index contributed by atoms with van der Waals surface area (Å²) >= 11 is 0. The van der Waals surface area contributed by atoms with Crippen molar-refractivity contribution in [2.45, 2.75) is 6.04 Å². The van der Waals surface area contributed by atoms with Crippen LogP contribution < -0.4 is 5.32 Å². The Kier molecular flexibility index (Phi) is 3.83. The number of rotatable bonds is 3. The number of hydrogen-bond acceptors (Lipinski definition) is 5. The van der Waals surface area contributed by atoms with E-state index < -0.39 is 22.7 Å². The zero-order valence-corrected chi connectivity index (χ0v) is 12.3. The minimum Gasteiger partial charge on any atom is -0.507 e. The average Bonchev–Trinajstić information content (AvgIpc) is 2.90. The summed E-state index contributed by atoms with van der Waals surface area (Å²) in [6, 6.07) is 13.1. The summed E-state index contributed by atoms with van der Waals surface area (Å²) in [5, 5.41) is 23.7. The highest BCUT2D eigenvalue weighted by atomic mass is 16.6. The van der Waals surface area contributed by atoms with Gasteiger partial charge in [-0.3, -0.25) is 19.7 Å². The predicted molar refractivity (Wildman–Crippen MR) is 85.0 cm³/mol. The number of ketones is 1. The third kappa shape index (κ3) is 2.63. The lowest BCUT2D eigenvalue weighted by Crippen LogP contribution is -2.21. The summed E-state index contributed by atoms with van der Waals surface area (Å²) in [5.74, 6) is -1.99. The van der Waals surface area contributed by atoms with Crippen molar-refractivity contribution in [3.8, 4) is 0 Å². The molecule has 1 atom stereocenters. The summed E-state index contributed by atoms with van der Waals surface area (Å²) in [5.41, 5.74) is 0.671. The van der Waals surface area contributed by atoms with Gasteiger partial charge in [0, 0.05) is 17.7 Å². The molecule has 120 valence electrons. The van der Waals surface area contributed by atoms with Crippen molar-refractivity contribution in [3.05, 3.63) is 81.4 Å². The van der Waals surface area contributed by atoms with Crippen LogP contribution >= 0.6 is 0 Å². The fourth-order valence-corrected chi connectivity index (χ4v) is 2.56. The lowest BCUT2D eigenvalue weighted by atomic mass is 9.96. The molecule has 0 saturated carbocycles. The van der Waals surface area contributed by atoms with Crippen LogP contribution in [0.15, 0.2) is 60.2 Å². The molecule has 0 aliphatic carbocycles. The largest absolute Gasteiger partial charge is 0.507 e. The SMILES string of the molecule is O=C1N[C@@H](c2ccccc2)/C(=C(/O)c2ccc([N+](=O)[O-])cc2)C1=O. The molecule has 3 rings (SSSR count). The molecule has 1 amide bonds. The maximum Gasteiger partial charge on any atom is 0.293 e. The number of nitrogens with zero attached hydrogens (tertiary/aromatic N) is 1. The quantitative estimate of drug-likeness (QED) is 0.296. The first kappa shape index (κ1) is 15.4. The van der Waals surface area contributed by atoms with Gasteiger partial charge in [0.2, 0.25) is 0 Å². The van der Waals surface area contributed by atoms with Crippen LogP contribution in [0.4, 0.5) is 5.69 Å². The number of nitro benzene ring substituents is 1. The van der Waals surface area contributed by atoms with Crippen molar-refractivity contribution in [2.24, 2.45) is 0 Å². The molecule has 1 aliphatic heterocycles. The number of amides is 1. The third-order valence-electron chi connectivity index (χ3n) is 3.75. The summed E-state index contributed by atoms with van der Waals surface area (Å²) < 4.78 is 0. The van der Waals surface area contributed by atoms with Gasteiger partial charge in [0.25, 0.3) is 17.4 Å². The zero-order chi connectivity index (χ0) is 17.3. The molecule has 0 aromatic heterocycles. The van der Waals surface area contributed by atoms with E-state index >= 15 is 0 Å². The number of hydrogen-bond donors (Lipinski definition) is 2. The molecule has 0 spiro atoms. The molecule has 0 unspecified atom stereocenters. The Morgan fingerprint density at radius 3 is 2.25 bits per heavy atom. The molecule has 24 heavy (non-hydrogen) atoms. The first-order valence-electron chi connectivity index (χ1n) is 7.07. The van der Waals surface area contributed by atoms with E-state index in [9.17, 15) is 24.8 Å². The highest BCUT2D eigenvalue weighted by Gasteiger charge is 2.39. The Morgan fingerprint density at radius 1 is 1.04 bits per heavy atom. The maximum atomic E-state index is 12.1. The van der Waals surface area contributed by atoms with Gasteiger partial charge in [-0.2, -0.15) is 0 Å². The van der Waals surface area contributed by atoms with Crippen LogP contribution in [0.2, 0.25) is 0 Å². The van der Waals surface area contributed by atoms with Gasteiger partial charge in [-0.25, -0.2) is 0 Å². The van der Waals surface area contributed by atoms with Gasteiger partial charge < -0.3 is 10.4 Å². The number of aliphatic hydroxyl groups is 1. The fraction of sp³-hybridized carbons (Fsp3) is 0.0588. The van der Waals surface area contributed by atoms with Gasteiger partial charge >= 0.3 is 0 Å². The summed E-state index contributed by atoms with van der Waals surface area (Å²) in [6.45, 7) is 0. The van der Waals surface area contributed by atoms with E-state index in [2.05, 4.69) is 5.32 Å². The number of non-ortho nitro benzene ring substituents is 1. The predicted octanol–water partition coefficient (Wildman–Crippen LogP) is 2.30. The van der Waals surface area contributed by atoms with E-state index in [0.717, 1.165) is 0 Å². The van der Waals surface area contributed by atoms with Crippen LogP contribution in [0.1, 0.15) is 17.2 Å². The summed E-state index contributed by atoms with van der Waals surface area (Å²) in [4.78, 5) is 34.0. The number of nitrogens with one attached hydrogen (secondary N) is 1. The monoisotopic (exact) mass is 324 g/mol. The van der Waals surface area contributed by atoms with E-state index in [1.54, 1.807) is 30.3 Å². The lowest BCUT2D eigenvalue weighted by Gasteiger charge is -2.13. The van der Waals surface area contributed by atoms with E-state index in [1.165, 1.54) is 24.3 Å². The van der Waals surface area contributed by atoms with Crippen molar-refractivity contribution in [3.63, 3.8) is 0 Å². The Labute approximate surface area is 136 Å². The molecule has 7 nitrogen and oxygen atoms in total. The fourth-order valence-electron chi connectivity index (χ4n) is 2.56. The molecular weight excluding hydrogens is 312 g/mol. The Morgan fingerprint density at radius 2 is 1.67 bits per heavy atom. The Hall–Kier alpha value is -3.48. The summed E-state index contributed by atoms with van der Waals surface area (Å²) in [7, 11) is 0. The average molecular weight is 324 g/mol. The third-order valence-corrected chi connectivity index (χ3v) is 3.75. The van der Waals surface area contributed by atoms with Crippen molar-refractivity contribution in [1.82, 2.24) is 5.32 Å². The van der Waals surface area contributed by atoms with Crippen molar-refractivity contribution in [1.29, 1.82) is 0 Å². The second-order valence-corrected chi connectivity index (χ2v) is 5.21.